The first-order chi connectivity index (χ1) is 15.0. The van der Waals surface area contributed by atoms with Crippen LogP contribution in [-0.4, -0.2) is 52.1 Å². The van der Waals surface area contributed by atoms with E-state index in [4.69, 9.17) is 14.9 Å². The molecule has 2 heterocycles. The molecule has 1 aliphatic heterocycles. The Kier molecular flexibility index (Phi) is 5.84. The van der Waals surface area contributed by atoms with E-state index in [-0.39, 0.29) is 11.6 Å². The van der Waals surface area contributed by atoms with E-state index >= 15 is 0 Å². The van der Waals surface area contributed by atoms with E-state index in [0.717, 1.165) is 40.1 Å². The first-order valence-electron chi connectivity index (χ1n) is 10.6. The second kappa shape index (κ2) is 8.71. The summed E-state index contributed by atoms with van der Waals surface area (Å²) >= 11 is 0. The molecule has 31 heavy (non-hydrogen) atoms. The molecule has 1 aliphatic rings. The molecule has 0 unspecified atom stereocenters. The van der Waals surface area contributed by atoms with Crippen LogP contribution in [0.25, 0.3) is 16.6 Å². The number of aliphatic hydroxyl groups excluding tert-OH is 1. The molecule has 7 nitrogen and oxygen atoms in total. The number of aromatic nitrogens is 2. The Bertz CT molecular complexity index is 1150. The second-order valence-corrected chi connectivity index (χ2v) is 7.59. The van der Waals surface area contributed by atoms with Crippen molar-refractivity contribution in [1.29, 1.82) is 5.41 Å². The van der Waals surface area contributed by atoms with E-state index in [2.05, 4.69) is 9.97 Å². The predicted octanol–water partition coefficient (Wildman–Crippen LogP) is 4.47. The molecule has 7 heteroatoms. The Morgan fingerprint density at radius 2 is 1.87 bits per heavy atom. The monoisotopic (exact) mass is 420 g/mol. The molecule has 0 aliphatic carbocycles. The summed E-state index contributed by atoms with van der Waals surface area (Å²) in [5, 5.41) is 19.2. The van der Waals surface area contributed by atoms with E-state index in [1.165, 1.54) is 0 Å². The maximum atomic E-state index is 10.6. The molecule has 2 aromatic carbocycles. The van der Waals surface area contributed by atoms with Crippen LogP contribution >= 0.6 is 0 Å². The quantitative estimate of drug-likeness (QED) is 0.500. The summed E-state index contributed by atoms with van der Waals surface area (Å²) in [6.07, 6.45) is 0.717. The summed E-state index contributed by atoms with van der Waals surface area (Å²) in [7, 11) is 0. The molecule has 0 fully saturated rings. The first-order valence-corrected chi connectivity index (χ1v) is 10.6. The van der Waals surface area contributed by atoms with Gasteiger partial charge < -0.3 is 24.5 Å². The highest BCUT2D eigenvalue weighted by Gasteiger charge is 2.30. The smallest absolute Gasteiger partial charge is 0.161 e. The van der Waals surface area contributed by atoms with Gasteiger partial charge in [-0.25, -0.2) is 4.98 Å². The van der Waals surface area contributed by atoms with Gasteiger partial charge in [0.25, 0.3) is 0 Å². The maximum Gasteiger partial charge on any atom is 0.161 e. The van der Waals surface area contributed by atoms with Crippen LogP contribution in [-0.2, 0) is 6.42 Å². The Balaban J connectivity index is 1.47. The lowest BCUT2D eigenvalue weighted by Crippen LogP contribution is -2.29. The third kappa shape index (κ3) is 4.21. The van der Waals surface area contributed by atoms with Crippen molar-refractivity contribution in [2.24, 2.45) is 0 Å². The van der Waals surface area contributed by atoms with Crippen LogP contribution in [0.3, 0.4) is 0 Å². The Morgan fingerprint density at radius 3 is 2.65 bits per heavy atom. The molecule has 4 rings (SSSR count). The van der Waals surface area contributed by atoms with Crippen LogP contribution in [0.4, 0.5) is 0 Å². The van der Waals surface area contributed by atoms with Gasteiger partial charge in [0.2, 0.25) is 0 Å². The largest absolute Gasteiger partial charge is 0.510 e. The number of ether oxygens (including phenoxy) is 2. The zero-order valence-corrected chi connectivity index (χ0v) is 18.2. The summed E-state index contributed by atoms with van der Waals surface area (Å²) in [4.78, 5) is 9.68. The van der Waals surface area contributed by atoms with Crippen molar-refractivity contribution < 1.29 is 14.6 Å². The number of fused-ring (bicyclic) bond motifs is 1. The SMILES string of the molecule is CCOc1ccc(CCN2CC(O)=C(c3nc4ccc(C)cc4[nH]3)C2=N)cc1OCC. The Labute approximate surface area is 181 Å². The fraction of sp³-hybridized carbons (Fsp3) is 0.333. The average Bonchev–Trinajstić information content (AvgIpc) is 3.27. The molecule has 0 bridgehead atoms. The number of nitrogens with zero attached hydrogens (tertiary/aromatic N) is 2. The summed E-state index contributed by atoms with van der Waals surface area (Å²) in [6.45, 7) is 7.98. The second-order valence-electron chi connectivity index (χ2n) is 7.59. The zero-order chi connectivity index (χ0) is 22.0. The molecular formula is C24H28N4O3. The number of rotatable bonds is 8. The molecule has 3 aromatic rings. The van der Waals surface area contributed by atoms with Crippen molar-refractivity contribution >= 4 is 22.4 Å². The maximum absolute atomic E-state index is 10.6. The molecule has 0 saturated carbocycles. The fourth-order valence-corrected chi connectivity index (χ4v) is 3.83. The van der Waals surface area contributed by atoms with E-state index in [1.807, 2.05) is 62.1 Å². The van der Waals surface area contributed by atoms with Gasteiger partial charge in [-0.15, -0.1) is 0 Å². The van der Waals surface area contributed by atoms with Gasteiger partial charge >= 0.3 is 0 Å². The van der Waals surface area contributed by atoms with Crippen LogP contribution in [0.2, 0.25) is 0 Å². The number of hydrogen-bond acceptors (Lipinski definition) is 5. The van der Waals surface area contributed by atoms with E-state index < -0.39 is 0 Å². The Hall–Kier alpha value is -3.48. The number of imidazole rings is 1. The lowest BCUT2D eigenvalue weighted by atomic mass is 10.1. The van der Waals surface area contributed by atoms with Gasteiger partial charge in [-0.05, 0) is 62.6 Å². The summed E-state index contributed by atoms with van der Waals surface area (Å²) < 4.78 is 11.3. The predicted molar refractivity (Wildman–Crippen MR) is 122 cm³/mol. The van der Waals surface area contributed by atoms with Crippen LogP contribution in [0.1, 0.15) is 30.8 Å². The van der Waals surface area contributed by atoms with Gasteiger partial charge in [-0.3, -0.25) is 5.41 Å². The highest BCUT2D eigenvalue weighted by Crippen LogP contribution is 2.30. The van der Waals surface area contributed by atoms with Crippen LogP contribution in [0.5, 0.6) is 11.5 Å². The number of aliphatic hydroxyl groups is 1. The van der Waals surface area contributed by atoms with Crippen molar-refractivity contribution in [3.8, 4) is 11.5 Å². The molecule has 1 aromatic heterocycles. The summed E-state index contributed by atoms with van der Waals surface area (Å²) in [5.74, 6) is 2.46. The minimum absolute atomic E-state index is 0.169. The third-order valence-corrected chi connectivity index (χ3v) is 5.33. The normalized spacial score (nSPS) is 14.0. The molecule has 0 atom stereocenters. The lowest BCUT2D eigenvalue weighted by Gasteiger charge is -2.19. The number of hydrogen-bond donors (Lipinski definition) is 3. The average molecular weight is 421 g/mol. The van der Waals surface area contributed by atoms with Crippen LogP contribution in [0.15, 0.2) is 42.2 Å². The molecule has 0 spiro atoms. The zero-order valence-electron chi connectivity index (χ0n) is 18.2. The lowest BCUT2D eigenvalue weighted by molar-refractivity contribution is 0.287. The van der Waals surface area contributed by atoms with Crippen LogP contribution < -0.4 is 9.47 Å². The number of H-pyrrole nitrogens is 1. The summed E-state index contributed by atoms with van der Waals surface area (Å²) in [6, 6.07) is 11.9. The van der Waals surface area contributed by atoms with E-state index in [1.54, 1.807) is 0 Å². The Morgan fingerprint density at radius 1 is 1.10 bits per heavy atom. The summed E-state index contributed by atoms with van der Waals surface area (Å²) in [5.41, 5.74) is 4.41. The number of aryl methyl sites for hydroxylation is 1. The van der Waals surface area contributed by atoms with Crippen molar-refractivity contribution in [2.75, 3.05) is 26.3 Å². The fourth-order valence-electron chi connectivity index (χ4n) is 3.83. The van der Waals surface area contributed by atoms with Gasteiger partial charge in [-0.1, -0.05) is 12.1 Å². The van der Waals surface area contributed by atoms with Crippen molar-refractivity contribution in [1.82, 2.24) is 14.9 Å². The van der Waals surface area contributed by atoms with Gasteiger partial charge in [-0.2, -0.15) is 0 Å². The van der Waals surface area contributed by atoms with E-state index in [0.29, 0.717) is 37.7 Å². The van der Waals surface area contributed by atoms with Crippen molar-refractivity contribution in [3.05, 3.63) is 59.1 Å². The standard InChI is InChI=1S/C24H28N4O3/c1-4-30-20-9-7-16(13-21(20)31-5-2)10-11-28-14-19(29)22(23(28)25)24-26-17-8-6-15(3)12-18(17)27-24/h6-9,12-13,25,29H,4-5,10-11,14H2,1-3H3,(H,26,27). The molecule has 0 radical (unpaired) electrons. The van der Waals surface area contributed by atoms with Gasteiger partial charge in [0.05, 0.1) is 36.4 Å². The molecule has 162 valence electrons. The minimum atomic E-state index is 0.169. The first kappa shape index (κ1) is 20.8. The highest BCUT2D eigenvalue weighted by atomic mass is 16.5. The number of aromatic amines is 1. The van der Waals surface area contributed by atoms with Gasteiger partial charge in [0.1, 0.15) is 17.4 Å². The highest BCUT2D eigenvalue weighted by molar-refractivity contribution is 6.23. The molecular weight excluding hydrogens is 392 g/mol. The van der Waals surface area contributed by atoms with E-state index in [9.17, 15) is 5.11 Å². The van der Waals surface area contributed by atoms with Crippen molar-refractivity contribution in [2.45, 2.75) is 27.2 Å². The molecule has 0 amide bonds. The molecule has 3 N–H and O–H groups in total. The minimum Gasteiger partial charge on any atom is -0.510 e. The number of nitrogens with one attached hydrogen (secondary N) is 2. The van der Waals surface area contributed by atoms with Crippen molar-refractivity contribution in [3.63, 3.8) is 0 Å². The number of benzene rings is 2. The topological polar surface area (TPSA) is 94.5 Å². The number of amidine groups is 1. The molecule has 0 saturated heterocycles. The third-order valence-electron chi connectivity index (χ3n) is 5.33. The van der Waals surface area contributed by atoms with Gasteiger partial charge in [0.15, 0.2) is 11.5 Å². The van der Waals surface area contributed by atoms with Crippen LogP contribution in [0, 0.1) is 12.3 Å². The van der Waals surface area contributed by atoms with Gasteiger partial charge in [0, 0.05) is 6.54 Å².